The number of hydrogen-bond acceptors (Lipinski definition) is 4. The maximum absolute atomic E-state index is 4.65. The van der Waals surface area contributed by atoms with E-state index >= 15 is 0 Å². The Morgan fingerprint density at radius 1 is 1.24 bits per heavy atom. The smallest absolute Gasteiger partial charge is 0.133 e. The lowest BCUT2D eigenvalue weighted by Gasteiger charge is -2.36. The zero-order valence-electron chi connectivity index (χ0n) is 13.2. The molecule has 0 bridgehead atoms. The van der Waals surface area contributed by atoms with Gasteiger partial charge in [-0.25, -0.2) is 4.98 Å². The van der Waals surface area contributed by atoms with Gasteiger partial charge in [-0.15, -0.1) is 0 Å². The molecule has 0 radical (unpaired) electrons. The Balaban J connectivity index is 1.56. The first kappa shape index (κ1) is 14.8. The number of piperazine rings is 1. The van der Waals surface area contributed by atoms with Gasteiger partial charge < -0.3 is 10.2 Å². The van der Waals surface area contributed by atoms with Crippen LogP contribution in [-0.4, -0.2) is 49.2 Å². The predicted octanol–water partition coefficient (Wildman–Crippen LogP) is 2.11. The van der Waals surface area contributed by atoms with Gasteiger partial charge in [-0.3, -0.25) is 4.90 Å². The summed E-state index contributed by atoms with van der Waals surface area (Å²) >= 11 is 0. The van der Waals surface area contributed by atoms with E-state index in [0.717, 1.165) is 32.1 Å². The lowest BCUT2D eigenvalue weighted by atomic mass is 10.2. The Kier molecular flexibility index (Phi) is 5.09. The van der Waals surface area contributed by atoms with Gasteiger partial charge in [0.05, 0.1) is 0 Å². The molecule has 1 saturated carbocycles. The molecule has 1 saturated heterocycles. The van der Waals surface area contributed by atoms with Crippen LogP contribution in [0, 0.1) is 5.92 Å². The Morgan fingerprint density at radius 2 is 2.05 bits per heavy atom. The van der Waals surface area contributed by atoms with Crippen molar-refractivity contribution >= 4 is 5.82 Å². The van der Waals surface area contributed by atoms with E-state index < -0.39 is 0 Å². The average molecular weight is 288 g/mol. The summed E-state index contributed by atoms with van der Waals surface area (Å²) < 4.78 is 0. The van der Waals surface area contributed by atoms with Gasteiger partial charge in [0.1, 0.15) is 5.82 Å². The van der Waals surface area contributed by atoms with Crippen molar-refractivity contribution in [1.29, 1.82) is 0 Å². The molecule has 0 unspecified atom stereocenters. The lowest BCUT2D eigenvalue weighted by molar-refractivity contribution is 0.247. The van der Waals surface area contributed by atoms with E-state index in [4.69, 9.17) is 0 Å². The van der Waals surface area contributed by atoms with Crippen molar-refractivity contribution in [3.05, 3.63) is 23.9 Å². The normalized spacial score (nSPS) is 20.0. The molecule has 0 spiro atoms. The number of pyridine rings is 1. The summed E-state index contributed by atoms with van der Waals surface area (Å²) in [6, 6.07) is 4.26. The SMILES string of the molecule is CCCNCc1cccnc1N1CCN(CC2CC2)CC1. The zero-order chi connectivity index (χ0) is 14.5. The van der Waals surface area contributed by atoms with Crippen molar-refractivity contribution < 1.29 is 0 Å². The molecule has 3 rings (SSSR count). The summed E-state index contributed by atoms with van der Waals surface area (Å²) in [5.41, 5.74) is 1.33. The van der Waals surface area contributed by atoms with Crippen LogP contribution in [0.25, 0.3) is 0 Å². The lowest BCUT2D eigenvalue weighted by Crippen LogP contribution is -2.47. The van der Waals surface area contributed by atoms with Crippen LogP contribution in [0.3, 0.4) is 0 Å². The first-order valence-corrected chi connectivity index (χ1v) is 8.48. The second-order valence-electron chi connectivity index (χ2n) is 6.39. The van der Waals surface area contributed by atoms with Gasteiger partial charge in [-0.2, -0.15) is 0 Å². The number of nitrogens with one attached hydrogen (secondary N) is 1. The van der Waals surface area contributed by atoms with E-state index in [1.807, 2.05) is 6.20 Å². The highest BCUT2D eigenvalue weighted by atomic mass is 15.3. The van der Waals surface area contributed by atoms with E-state index in [9.17, 15) is 0 Å². The molecule has 1 aromatic heterocycles. The number of nitrogens with zero attached hydrogens (tertiary/aromatic N) is 3. The number of anilines is 1. The highest BCUT2D eigenvalue weighted by molar-refractivity contribution is 5.47. The maximum Gasteiger partial charge on any atom is 0.133 e. The van der Waals surface area contributed by atoms with Crippen LogP contribution in [-0.2, 0) is 6.54 Å². The first-order chi connectivity index (χ1) is 10.4. The fourth-order valence-corrected chi connectivity index (χ4v) is 3.06. The van der Waals surface area contributed by atoms with Crippen LogP contribution in [0.4, 0.5) is 5.82 Å². The molecule has 2 heterocycles. The van der Waals surface area contributed by atoms with Gasteiger partial charge in [-0.1, -0.05) is 13.0 Å². The van der Waals surface area contributed by atoms with Crippen molar-refractivity contribution in [3.8, 4) is 0 Å². The van der Waals surface area contributed by atoms with E-state index in [1.165, 1.54) is 50.3 Å². The molecule has 4 heteroatoms. The first-order valence-electron chi connectivity index (χ1n) is 8.48. The molecule has 1 aromatic rings. The van der Waals surface area contributed by atoms with Gasteiger partial charge >= 0.3 is 0 Å². The summed E-state index contributed by atoms with van der Waals surface area (Å²) in [6.45, 7) is 10.1. The second-order valence-corrected chi connectivity index (χ2v) is 6.39. The van der Waals surface area contributed by atoms with E-state index in [0.29, 0.717) is 0 Å². The molecular formula is C17H28N4. The fraction of sp³-hybridized carbons (Fsp3) is 0.706. The van der Waals surface area contributed by atoms with Crippen molar-refractivity contribution in [1.82, 2.24) is 15.2 Å². The summed E-state index contributed by atoms with van der Waals surface area (Å²) in [6.07, 6.45) is 6.01. The standard InChI is InChI=1S/C17H28N4/c1-2-7-18-13-16-4-3-8-19-17(16)21-11-9-20(10-12-21)14-15-5-6-15/h3-4,8,15,18H,2,5-7,9-14H2,1H3. The van der Waals surface area contributed by atoms with Crippen LogP contribution in [0.15, 0.2) is 18.3 Å². The molecule has 4 nitrogen and oxygen atoms in total. The summed E-state index contributed by atoms with van der Waals surface area (Å²) in [5, 5.41) is 3.50. The Bertz CT molecular complexity index is 436. The van der Waals surface area contributed by atoms with Gasteiger partial charge in [0.2, 0.25) is 0 Å². The van der Waals surface area contributed by atoms with Crippen LogP contribution >= 0.6 is 0 Å². The summed E-state index contributed by atoms with van der Waals surface area (Å²) in [7, 11) is 0. The van der Waals surface area contributed by atoms with Gasteiger partial charge in [0.25, 0.3) is 0 Å². The van der Waals surface area contributed by atoms with Crippen LogP contribution in [0.1, 0.15) is 31.7 Å². The van der Waals surface area contributed by atoms with E-state index in [2.05, 4.69) is 39.2 Å². The number of rotatable bonds is 7. The predicted molar refractivity (Wildman–Crippen MR) is 87.6 cm³/mol. The number of hydrogen-bond donors (Lipinski definition) is 1. The fourth-order valence-electron chi connectivity index (χ4n) is 3.06. The third-order valence-corrected chi connectivity index (χ3v) is 4.49. The minimum atomic E-state index is 0.930. The van der Waals surface area contributed by atoms with Crippen LogP contribution in [0.2, 0.25) is 0 Å². The highest BCUT2D eigenvalue weighted by Gasteiger charge is 2.27. The van der Waals surface area contributed by atoms with Crippen molar-refractivity contribution in [2.45, 2.75) is 32.7 Å². The molecule has 1 N–H and O–H groups in total. The quantitative estimate of drug-likeness (QED) is 0.779. The summed E-state index contributed by atoms with van der Waals surface area (Å²) in [5.74, 6) is 2.19. The van der Waals surface area contributed by atoms with E-state index in [1.54, 1.807) is 0 Å². The largest absolute Gasteiger partial charge is 0.354 e. The third-order valence-electron chi connectivity index (χ3n) is 4.49. The Labute approximate surface area is 128 Å². The molecule has 1 aliphatic heterocycles. The molecule has 1 aliphatic carbocycles. The average Bonchev–Trinajstić information content (AvgIpc) is 3.33. The Hall–Kier alpha value is -1.13. The molecule has 0 amide bonds. The topological polar surface area (TPSA) is 31.4 Å². The highest BCUT2D eigenvalue weighted by Crippen LogP contribution is 2.30. The number of aromatic nitrogens is 1. The second kappa shape index (κ2) is 7.23. The van der Waals surface area contributed by atoms with Crippen molar-refractivity contribution in [2.24, 2.45) is 5.92 Å². The zero-order valence-corrected chi connectivity index (χ0v) is 13.2. The molecule has 0 atom stereocenters. The molecule has 0 aromatic carbocycles. The van der Waals surface area contributed by atoms with E-state index in [-0.39, 0.29) is 0 Å². The molecule has 21 heavy (non-hydrogen) atoms. The van der Waals surface area contributed by atoms with Gasteiger partial charge in [-0.05, 0) is 37.8 Å². The van der Waals surface area contributed by atoms with Crippen LogP contribution < -0.4 is 10.2 Å². The van der Waals surface area contributed by atoms with Crippen LogP contribution in [0.5, 0.6) is 0 Å². The van der Waals surface area contributed by atoms with Crippen molar-refractivity contribution in [3.63, 3.8) is 0 Å². The minimum absolute atomic E-state index is 0.930. The maximum atomic E-state index is 4.65. The third kappa shape index (κ3) is 4.17. The monoisotopic (exact) mass is 288 g/mol. The van der Waals surface area contributed by atoms with Gasteiger partial charge in [0.15, 0.2) is 0 Å². The van der Waals surface area contributed by atoms with Gasteiger partial charge in [0, 0.05) is 51.0 Å². The molecule has 116 valence electrons. The van der Waals surface area contributed by atoms with Crippen molar-refractivity contribution in [2.75, 3.05) is 44.2 Å². The summed E-state index contributed by atoms with van der Waals surface area (Å²) in [4.78, 5) is 9.74. The molecular weight excluding hydrogens is 260 g/mol. The molecule has 2 aliphatic rings. The minimum Gasteiger partial charge on any atom is -0.354 e. The Morgan fingerprint density at radius 3 is 2.76 bits per heavy atom. The molecule has 2 fully saturated rings.